The molecular weight excluding hydrogens is 314 g/mol. The summed E-state index contributed by atoms with van der Waals surface area (Å²) in [6.45, 7) is 1.44. The van der Waals surface area contributed by atoms with Crippen molar-refractivity contribution >= 4 is 5.91 Å². The van der Waals surface area contributed by atoms with Gasteiger partial charge in [-0.25, -0.2) is 0 Å². The van der Waals surface area contributed by atoms with Crippen molar-refractivity contribution in [2.75, 3.05) is 20.8 Å². The molecule has 2 atom stereocenters. The first-order valence-electron chi connectivity index (χ1n) is 8.78. The summed E-state index contributed by atoms with van der Waals surface area (Å²) in [7, 11) is 3.30. The van der Waals surface area contributed by atoms with E-state index >= 15 is 0 Å². The summed E-state index contributed by atoms with van der Waals surface area (Å²) < 4.78 is 10.8. The Kier molecular flexibility index (Phi) is 4.12. The van der Waals surface area contributed by atoms with Crippen molar-refractivity contribution in [3.8, 4) is 11.5 Å². The second-order valence-electron chi connectivity index (χ2n) is 6.85. The van der Waals surface area contributed by atoms with Gasteiger partial charge in [0.1, 0.15) is 0 Å². The fourth-order valence-electron chi connectivity index (χ4n) is 3.84. The van der Waals surface area contributed by atoms with Gasteiger partial charge < -0.3 is 14.4 Å². The molecule has 1 heterocycles. The van der Waals surface area contributed by atoms with Crippen molar-refractivity contribution in [3.63, 3.8) is 0 Å². The molecule has 0 radical (unpaired) electrons. The number of fused-ring (bicyclic) bond motifs is 1. The van der Waals surface area contributed by atoms with E-state index in [-0.39, 0.29) is 11.8 Å². The molecule has 4 nitrogen and oxygen atoms in total. The smallest absolute Gasteiger partial charge is 0.226 e. The molecule has 1 amide bonds. The molecular formula is C21H23NO3. The Morgan fingerprint density at radius 2 is 1.72 bits per heavy atom. The molecule has 0 bridgehead atoms. The monoisotopic (exact) mass is 337 g/mol. The summed E-state index contributed by atoms with van der Waals surface area (Å²) in [6, 6.07) is 14.4. The van der Waals surface area contributed by atoms with Gasteiger partial charge in [-0.1, -0.05) is 30.3 Å². The second kappa shape index (κ2) is 6.43. The average Bonchev–Trinajstić information content (AvgIpc) is 3.47. The van der Waals surface area contributed by atoms with Crippen LogP contribution in [0.5, 0.6) is 11.5 Å². The first kappa shape index (κ1) is 16.0. The average molecular weight is 337 g/mol. The quantitative estimate of drug-likeness (QED) is 0.858. The van der Waals surface area contributed by atoms with Crippen LogP contribution in [0.25, 0.3) is 0 Å². The third-order valence-electron chi connectivity index (χ3n) is 5.37. The van der Waals surface area contributed by atoms with E-state index in [0.29, 0.717) is 12.5 Å². The van der Waals surface area contributed by atoms with E-state index in [4.69, 9.17) is 9.47 Å². The number of carbonyl (C=O) groups excluding carboxylic acids is 1. The molecule has 4 rings (SSSR count). The maximum Gasteiger partial charge on any atom is 0.226 e. The van der Waals surface area contributed by atoms with E-state index < -0.39 is 0 Å². The summed E-state index contributed by atoms with van der Waals surface area (Å²) in [4.78, 5) is 14.9. The zero-order chi connectivity index (χ0) is 17.4. The molecule has 2 aromatic carbocycles. The Labute approximate surface area is 148 Å². The van der Waals surface area contributed by atoms with E-state index in [9.17, 15) is 4.79 Å². The molecule has 2 unspecified atom stereocenters. The van der Waals surface area contributed by atoms with Gasteiger partial charge in [0.15, 0.2) is 11.5 Å². The molecule has 1 aliphatic carbocycles. The van der Waals surface area contributed by atoms with E-state index in [1.165, 1.54) is 11.1 Å². The van der Waals surface area contributed by atoms with Gasteiger partial charge in [-0.05, 0) is 47.6 Å². The topological polar surface area (TPSA) is 38.8 Å². The van der Waals surface area contributed by atoms with Crippen LogP contribution in [0.15, 0.2) is 42.5 Å². The summed E-state index contributed by atoms with van der Waals surface area (Å²) in [5, 5.41) is 0. The third kappa shape index (κ3) is 2.97. The Bertz CT molecular complexity index is 787. The standard InChI is InChI=1S/C21H23NO3/c1-24-19-10-15-8-9-22(13-16(15)11-20(19)25-2)21(23)18-12-17(18)14-6-4-3-5-7-14/h3-7,10-11,17-18H,8-9,12-13H2,1-2H3. The van der Waals surface area contributed by atoms with Gasteiger partial charge in [0.2, 0.25) is 5.91 Å². The van der Waals surface area contributed by atoms with Crippen LogP contribution in [-0.4, -0.2) is 31.6 Å². The van der Waals surface area contributed by atoms with E-state index in [1.54, 1.807) is 14.2 Å². The van der Waals surface area contributed by atoms with Crippen LogP contribution in [0.2, 0.25) is 0 Å². The minimum Gasteiger partial charge on any atom is -0.493 e. The Balaban J connectivity index is 1.48. The second-order valence-corrected chi connectivity index (χ2v) is 6.85. The number of nitrogens with zero attached hydrogens (tertiary/aromatic N) is 1. The molecule has 1 saturated carbocycles. The lowest BCUT2D eigenvalue weighted by Crippen LogP contribution is -2.37. The number of ether oxygens (including phenoxy) is 2. The van der Waals surface area contributed by atoms with Crippen LogP contribution < -0.4 is 9.47 Å². The molecule has 2 aromatic rings. The van der Waals surface area contributed by atoms with E-state index in [2.05, 4.69) is 12.1 Å². The SMILES string of the molecule is COc1cc2c(cc1OC)CN(C(=O)C1CC1c1ccccc1)CC2. The number of rotatable bonds is 4. The lowest BCUT2D eigenvalue weighted by molar-refractivity contribution is -0.133. The molecule has 0 N–H and O–H groups in total. The van der Waals surface area contributed by atoms with Crippen molar-refractivity contribution in [2.24, 2.45) is 5.92 Å². The first-order chi connectivity index (χ1) is 12.2. The van der Waals surface area contributed by atoms with Crippen LogP contribution in [0.3, 0.4) is 0 Å². The summed E-state index contributed by atoms with van der Waals surface area (Å²) >= 11 is 0. The third-order valence-corrected chi connectivity index (χ3v) is 5.37. The van der Waals surface area contributed by atoms with Crippen molar-refractivity contribution in [3.05, 3.63) is 59.2 Å². The molecule has 25 heavy (non-hydrogen) atoms. The molecule has 0 spiro atoms. The maximum absolute atomic E-state index is 12.9. The molecule has 2 aliphatic rings. The van der Waals surface area contributed by atoms with Gasteiger partial charge in [-0.15, -0.1) is 0 Å². The highest BCUT2D eigenvalue weighted by Crippen LogP contribution is 2.48. The van der Waals surface area contributed by atoms with Gasteiger partial charge in [0.05, 0.1) is 14.2 Å². The summed E-state index contributed by atoms with van der Waals surface area (Å²) in [5.41, 5.74) is 3.69. The van der Waals surface area contributed by atoms with Gasteiger partial charge in [-0.3, -0.25) is 4.79 Å². The number of benzene rings is 2. The highest BCUT2D eigenvalue weighted by Gasteiger charge is 2.46. The largest absolute Gasteiger partial charge is 0.493 e. The van der Waals surface area contributed by atoms with Crippen molar-refractivity contribution < 1.29 is 14.3 Å². The van der Waals surface area contributed by atoms with Gasteiger partial charge >= 0.3 is 0 Å². The number of hydrogen-bond acceptors (Lipinski definition) is 3. The van der Waals surface area contributed by atoms with E-state index in [0.717, 1.165) is 36.4 Å². The maximum atomic E-state index is 12.9. The first-order valence-corrected chi connectivity index (χ1v) is 8.78. The molecule has 1 aliphatic heterocycles. The lowest BCUT2D eigenvalue weighted by atomic mass is 9.98. The predicted octanol–water partition coefficient (Wildman–Crippen LogP) is 3.39. The van der Waals surface area contributed by atoms with Crippen molar-refractivity contribution in [1.82, 2.24) is 4.90 Å². The van der Waals surface area contributed by atoms with Crippen LogP contribution >= 0.6 is 0 Å². The lowest BCUT2D eigenvalue weighted by Gasteiger charge is -2.30. The minimum absolute atomic E-state index is 0.143. The van der Waals surface area contributed by atoms with Gasteiger partial charge in [-0.2, -0.15) is 0 Å². The van der Waals surface area contributed by atoms with Crippen molar-refractivity contribution in [2.45, 2.75) is 25.3 Å². The van der Waals surface area contributed by atoms with Crippen LogP contribution in [0, 0.1) is 5.92 Å². The summed E-state index contributed by atoms with van der Waals surface area (Å²) in [5.74, 6) is 2.30. The molecule has 4 heteroatoms. The van der Waals surface area contributed by atoms with E-state index in [1.807, 2.05) is 35.2 Å². The fraction of sp³-hybridized carbons (Fsp3) is 0.381. The van der Waals surface area contributed by atoms with Crippen LogP contribution in [-0.2, 0) is 17.8 Å². The van der Waals surface area contributed by atoms with Gasteiger partial charge in [0, 0.05) is 19.0 Å². The minimum atomic E-state index is 0.143. The highest BCUT2D eigenvalue weighted by atomic mass is 16.5. The number of methoxy groups -OCH3 is 2. The normalized spacial score (nSPS) is 21.4. The van der Waals surface area contributed by atoms with Crippen LogP contribution in [0.1, 0.15) is 29.0 Å². The molecule has 0 aromatic heterocycles. The zero-order valence-corrected chi connectivity index (χ0v) is 14.7. The zero-order valence-electron chi connectivity index (χ0n) is 14.7. The Morgan fingerprint density at radius 3 is 2.40 bits per heavy atom. The molecule has 130 valence electrons. The van der Waals surface area contributed by atoms with Crippen molar-refractivity contribution in [1.29, 1.82) is 0 Å². The molecule has 1 fully saturated rings. The Hall–Kier alpha value is -2.49. The fourth-order valence-corrected chi connectivity index (χ4v) is 3.84. The Morgan fingerprint density at radius 1 is 1.04 bits per heavy atom. The molecule has 0 saturated heterocycles. The number of amides is 1. The summed E-state index contributed by atoms with van der Waals surface area (Å²) in [6.07, 6.45) is 1.84. The highest BCUT2D eigenvalue weighted by molar-refractivity contribution is 5.83. The number of carbonyl (C=O) groups is 1. The predicted molar refractivity (Wildman–Crippen MR) is 96.0 cm³/mol. The van der Waals surface area contributed by atoms with Crippen LogP contribution in [0.4, 0.5) is 0 Å². The number of hydrogen-bond donors (Lipinski definition) is 0. The van der Waals surface area contributed by atoms with Gasteiger partial charge in [0.25, 0.3) is 0 Å².